The van der Waals surface area contributed by atoms with Gasteiger partial charge in [-0.15, -0.1) is 0 Å². The lowest BCUT2D eigenvalue weighted by molar-refractivity contribution is -0.115. The van der Waals surface area contributed by atoms with Crippen molar-refractivity contribution >= 4 is 22.9 Å². The maximum atomic E-state index is 11.7. The maximum Gasteiger partial charge on any atom is 0.228 e. The second-order valence-corrected chi connectivity index (χ2v) is 4.66. The first-order valence-corrected chi connectivity index (χ1v) is 6.20. The summed E-state index contributed by atoms with van der Waals surface area (Å²) in [5, 5.41) is 16.2. The Morgan fingerprint density at radius 2 is 2.24 bits per heavy atom. The minimum Gasteiger partial charge on any atom is -0.506 e. The van der Waals surface area contributed by atoms with Crippen LogP contribution in [0.4, 0.5) is 5.69 Å². The van der Waals surface area contributed by atoms with Crippen molar-refractivity contribution in [2.24, 2.45) is 0 Å². The first-order chi connectivity index (χ1) is 8.15. The third-order valence-electron chi connectivity index (χ3n) is 2.37. The van der Waals surface area contributed by atoms with Gasteiger partial charge < -0.3 is 10.4 Å². The van der Waals surface area contributed by atoms with Gasteiger partial charge in [-0.2, -0.15) is 11.3 Å². The highest BCUT2D eigenvalue weighted by molar-refractivity contribution is 7.08. The summed E-state index contributed by atoms with van der Waals surface area (Å²) in [6, 6.07) is 7.09. The quantitative estimate of drug-likeness (QED) is 0.819. The Kier molecular flexibility index (Phi) is 3.44. The van der Waals surface area contributed by atoms with Gasteiger partial charge in [-0.05, 0) is 47.0 Å². The Morgan fingerprint density at radius 3 is 2.88 bits per heavy atom. The van der Waals surface area contributed by atoms with Crippen LogP contribution in [0, 0.1) is 6.92 Å². The lowest BCUT2D eigenvalue weighted by Crippen LogP contribution is -2.14. The van der Waals surface area contributed by atoms with Crippen LogP contribution in [0.1, 0.15) is 11.1 Å². The minimum absolute atomic E-state index is 0.101. The van der Waals surface area contributed by atoms with Gasteiger partial charge in [0.05, 0.1) is 12.1 Å². The fourth-order valence-electron chi connectivity index (χ4n) is 1.52. The molecule has 17 heavy (non-hydrogen) atoms. The van der Waals surface area contributed by atoms with Gasteiger partial charge in [0, 0.05) is 0 Å². The molecule has 0 radical (unpaired) electrons. The molecule has 0 aliphatic carbocycles. The van der Waals surface area contributed by atoms with Crippen LogP contribution in [0.25, 0.3) is 0 Å². The average Bonchev–Trinajstić information content (AvgIpc) is 2.75. The van der Waals surface area contributed by atoms with E-state index in [0.29, 0.717) is 12.1 Å². The predicted octanol–water partition coefficient (Wildman–Crippen LogP) is 2.94. The molecular formula is C13H13NO2S. The Morgan fingerprint density at radius 1 is 1.41 bits per heavy atom. The van der Waals surface area contributed by atoms with Crippen molar-refractivity contribution in [2.75, 3.05) is 5.32 Å². The first kappa shape index (κ1) is 11.7. The molecule has 0 aliphatic rings. The number of hydrogen-bond acceptors (Lipinski definition) is 3. The van der Waals surface area contributed by atoms with Gasteiger partial charge in [-0.3, -0.25) is 4.79 Å². The third kappa shape index (κ3) is 3.07. The Labute approximate surface area is 104 Å². The van der Waals surface area contributed by atoms with Crippen molar-refractivity contribution < 1.29 is 9.90 Å². The van der Waals surface area contributed by atoms with E-state index in [2.05, 4.69) is 5.32 Å². The van der Waals surface area contributed by atoms with Crippen molar-refractivity contribution in [1.29, 1.82) is 0 Å². The van der Waals surface area contributed by atoms with E-state index in [9.17, 15) is 9.90 Å². The van der Waals surface area contributed by atoms with E-state index >= 15 is 0 Å². The number of benzene rings is 1. The van der Waals surface area contributed by atoms with Crippen LogP contribution in [0.3, 0.4) is 0 Å². The van der Waals surface area contributed by atoms with Gasteiger partial charge in [0.1, 0.15) is 5.75 Å². The molecule has 2 N–H and O–H groups in total. The number of carbonyl (C=O) groups excluding carboxylic acids is 1. The summed E-state index contributed by atoms with van der Waals surface area (Å²) >= 11 is 1.56. The van der Waals surface area contributed by atoms with E-state index in [4.69, 9.17) is 0 Å². The number of aryl methyl sites for hydroxylation is 1. The summed E-state index contributed by atoms with van der Waals surface area (Å²) < 4.78 is 0. The molecule has 1 aromatic carbocycles. The molecule has 4 heteroatoms. The largest absolute Gasteiger partial charge is 0.506 e. The smallest absolute Gasteiger partial charge is 0.228 e. The van der Waals surface area contributed by atoms with Crippen molar-refractivity contribution in [3.63, 3.8) is 0 Å². The summed E-state index contributed by atoms with van der Waals surface area (Å²) in [5.41, 5.74) is 2.40. The second kappa shape index (κ2) is 5.01. The van der Waals surface area contributed by atoms with E-state index in [1.54, 1.807) is 23.5 Å². The topological polar surface area (TPSA) is 49.3 Å². The van der Waals surface area contributed by atoms with E-state index in [1.165, 1.54) is 0 Å². The number of anilines is 1. The molecule has 0 aliphatic heterocycles. The summed E-state index contributed by atoms with van der Waals surface area (Å²) in [5.74, 6) is -0.0220. The molecule has 3 nitrogen and oxygen atoms in total. The summed E-state index contributed by atoms with van der Waals surface area (Å²) in [4.78, 5) is 11.7. The van der Waals surface area contributed by atoms with Gasteiger partial charge >= 0.3 is 0 Å². The van der Waals surface area contributed by atoms with Crippen LogP contribution in [0.5, 0.6) is 5.75 Å². The lowest BCUT2D eigenvalue weighted by atomic mass is 10.2. The molecular weight excluding hydrogens is 234 g/mol. The van der Waals surface area contributed by atoms with Crippen molar-refractivity contribution in [3.8, 4) is 5.75 Å². The van der Waals surface area contributed by atoms with Crippen LogP contribution < -0.4 is 5.32 Å². The van der Waals surface area contributed by atoms with Crippen molar-refractivity contribution in [1.82, 2.24) is 0 Å². The fourth-order valence-corrected chi connectivity index (χ4v) is 2.19. The summed E-state index contributed by atoms with van der Waals surface area (Å²) in [6.07, 6.45) is 0.330. The first-order valence-electron chi connectivity index (χ1n) is 5.25. The predicted molar refractivity (Wildman–Crippen MR) is 69.5 cm³/mol. The number of carbonyl (C=O) groups is 1. The molecule has 1 aromatic heterocycles. The number of aromatic hydroxyl groups is 1. The molecule has 1 amide bonds. The highest BCUT2D eigenvalue weighted by Gasteiger charge is 2.07. The number of hydrogen-bond donors (Lipinski definition) is 2. The number of rotatable bonds is 3. The zero-order valence-electron chi connectivity index (χ0n) is 9.43. The van der Waals surface area contributed by atoms with Crippen LogP contribution in [0.2, 0.25) is 0 Å². The number of thiophene rings is 1. The lowest BCUT2D eigenvalue weighted by Gasteiger charge is -2.07. The zero-order valence-corrected chi connectivity index (χ0v) is 10.3. The van der Waals surface area contributed by atoms with Gasteiger partial charge in [0.2, 0.25) is 5.91 Å². The molecule has 0 unspecified atom stereocenters. The SMILES string of the molecule is Cc1ccc(NC(=O)Cc2ccsc2)c(O)c1. The molecule has 0 atom stereocenters. The van der Waals surface area contributed by atoms with Crippen LogP contribution in [0.15, 0.2) is 35.0 Å². The van der Waals surface area contributed by atoms with Gasteiger partial charge in [-0.25, -0.2) is 0 Å². The molecule has 0 fully saturated rings. The number of nitrogens with one attached hydrogen (secondary N) is 1. The fraction of sp³-hybridized carbons (Fsp3) is 0.154. The highest BCUT2D eigenvalue weighted by Crippen LogP contribution is 2.24. The minimum atomic E-state index is -0.123. The molecule has 0 spiro atoms. The van der Waals surface area contributed by atoms with E-state index in [1.807, 2.05) is 29.8 Å². The Balaban J connectivity index is 2.03. The van der Waals surface area contributed by atoms with Gasteiger partial charge in [-0.1, -0.05) is 6.07 Å². The van der Waals surface area contributed by atoms with Crippen molar-refractivity contribution in [3.05, 3.63) is 46.2 Å². The van der Waals surface area contributed by atoms with Gasteiger partial charge in [0.25, 0.3) is 0 Å². The van der Waals surface area contributed by atoms with Crippen LogP contribution >= 0.6 is 11.3 Å². The van der Waals surface area contributed by atoms with E-state index in [0.717, 1.165) is 11.1 Å². The summed E-state index contributed by atoms with van der Waals surface area (Å²) in [7, 11) is 0. The Hall–Kier alpha value is -1.81. The average molecular weight is 247 g/mol. The Bertz CT molecular complexity index is 520. The normalized spacial score (nSPS) is 10.2. The monoisotopic (exact) mass is 247 g/mol. The molecule has 0 saturated heterocycles. The van der Waals surface area contributed by atoms with E-state index < -0.39 is 0 Å². The zero-order chi connectivity index (χ0) is 12.3. The molecule has 88 valence electrons. The van der Waals surface area contributed by atoms with Crippen LogP contribution in [-0.4, -0.2) is 11.0 Å². The molecule has 2 aromatic rings. The van der Waals surface area contributed by atoms with Crippen molar-refractivity contribution in [2.45, 2.75) is 13.3 Å². The molecule has 2 rings (SSSR count). The molecule has 0 saturated carbocycles. The number of amides is 1. The maximum absolute atomic E-state index is 11.7. The van der Waals surface area contributed by atoms with E-state index in [-0.39, 0.29) is 11.7 Å². The number of phenols is 1. The third-order valence-corrected chi connectivity index (χ3v) is 3.10. The summed E-state index contributed by atoms with van der Waals surface area (Å²) in [6.45, 7) is 1.89. The number of phenolic OH excluding ortho intramolecular Hbond substituents is 1. The standard InChI is InChI=1S/C13H13NO2S/c1-9-2-3-11(12(15)6-9)14-13(16)7-10-4-5-17-8-10/h2-6,8,15H,7H2,1H3,(H,14,16). The molecule has 0 bridgehead atoms. The van der Waals surface area contributed by atoms with Gasteiger partial charge in [0.15, 0.2) is 0 Å². The second-order valence-electron chi connectivity index (χ2n) is 3.88. The highest BCUT2D eigenvalue weighted by atomic mass is 32.1. The molecule has 1 heterocycles. The van der Waals surface area contributed by atoms with Crippen LogP contribution in [-0.2, 0) is 11.2 Å².